The van der Waals surface area contributed by atoms with Crippen molar-refractivity contribution in [3.8, 4) is 5.75 Å². The fourth-order valence-electron chi connectivity index (χ4n) is 5.15. The molecule has 1 saturated heterocycles. The predicted molar refractivity (Wildman–Crippen MR) is 150 cm³/mol. The Balaban J connectivity index is 1.32. The van der Waals surface area contributed by atoms with Gasteiger partial charge in [0.1, 0.15) is 12.4 Å². The zero-order chi connectivity index (χ0) is 24.9. The van der Waals surface area contributed by atoms with Crippen LogP contribution in [0.3, 0.4) is 0 Å². The largest absolute Gasteiger partial charge is 0.489 e. The van der Waals surface area contributed by atoms with E-state index in [4.69, 9.17) is 4.74 Å². The molecule has 0 aromatic heterocycles. The Kier molecular flexibility index (Phi) is 7.66. The molecule has 0 bridgehead atoms. The molecule has 186 valence electrons. The second-order valence-corrected chi connectivity index (χ2v) is 11.0. The van der Waals surface area contributed by atoms with Gasteiger partial charge in [0.05, 0.1) is 4.91 Å². The van der Waals surface area contributed by atoms with Crippen LogP contribution in [0, 0.1) is 12.8 Å². The number of rotatable bonds is 7. The highest BCUT2D eigenvalue weighted by Gasteiger charge is 2.42. The molecule has 1 heterocycles. The van der Waals surface area contributed by atoms with Crippen LogP contribution in [-0.4, -0.2) is 22.3 Å². The number of nitrogens with one attached hydrogen (secondary N) is 1. The maximum Gasteiger partial charge on any atom is 0.262 e. The summed E-state index contributed by atoms with van der Waals surface area (Å²) in [5.41, 5.74) is 4.32. The van der Waals surface area contributed by atoms with Crippen LogP contribution in [0.5, 0.6) is 5.75 Å². The number of carbonyl (C=O) groups is 1. The summed E-state index contributed by atoms with van der Waals surface area (Å²) in [6, 6.07) is 26.8. The molecule has 1 amide bonds. The number of aryl methyl sites for hydroxylation is 1. The lowest BCUT2D eigenvalue weighted by atomic mass is 9.85. The maximum atomic E-state index is 13.7. The van der Waals surface area contributed by atoms with E-state index in [-0.39, 0.29) is 17.4 Å². The highest BCUT2D eigenvalue weighted by Crippen LogP contribution is 2.42. The van der Waals surface area contributed by atoms with Gasteiger partial charge >= 0.3 is 0 Å². The Hall–Kier alpha value is -3.18. The van der Waals surface area contributed by atoms with Crippen LogP contribution < -0.4 is 10.1 Å². The lowest BCUT2D eigenvalue weighted by molar-refractivity contribution is -0.129. The average Bonchev–Trinajstić information content (AvgIpc) is 3.18. The van der Waals surface area contributed by atoms with Crippen molar-refractivity contribution < 1.29 is 9.53 Å². The highest BCUT2D eigenvalue weighted by molar-refractivity contribution is 8.05. The standard InChI is InChI=1S/C31H34N2O2S/c1-22-9-8-11-25(19-22)21-35-27-17-15-24(16-18-27)20-29-30(34)33(28-14-7-6-10-23(28)2)31(36-29)32-26-12-4-3-5-13-26/h3-5,8-9,11-13,15-20,23,28,31-32H,6-7,10,14,21H2,1-2H3/b29-20-/t23-,28+,31?/m1/s1. The van der Waals surface area contributed by atoms with Crippen LogP contribution in [0.1, 0.15) is 49.3 Å². The first-order valence-electron chi connectivity index (χ1n) is 12.9. The van der Waals surface area contributed by atoms with E-state index >= 15 is 0 Å². The van der Waals surface area contributed by atoms with Gasteiger partial charge in [-0.15, -0.1) is 0 Å². The third-order valence-electron chi connectivity index (χ3n) is 7.09. The minimum Gasteiger partial charge on any atom is -0.489 e. The van der Waals surface area contributed by atoms with Crippen molar-refractivity contribution in [2.45, 2.75) is 57.7 Å². The second-order valence-electron chi connectivity index (χ2n) is 9.88. The number of para-hydroxylation sites is 1. The summed E-state index contributed by atoms with van der Waals surface area (Å²) in [7, 11) is 0. The van der Waals surface area contributed by atoms with E-state index in [1.54, 1.807) is 11.8 Å². The lowest BCUT2D eigenvalue weighted by Gasteiger charge is -2.39. The molecule has 0 radical (unpaired) electrons. The third kappa shape index (κ3) is 5.79. The molecule has 1 N–H and O–H groups in total. The van der Waals surface area contributed by atoms with Crippen LogP contribution in [0.2, 0.25) is 0 Å². The number of anilines is 1. The first-order chi connectivity index (χ1) is 17.6. The Morgan fingerprint density at radius 2 is 1.78 bits per heavy atom. The monoisotopic (exact) mass is 498 g/mol. The van der Waals surface area contributed by atoms with Gasteiger partial charge in [-0.25, -0.2) is 0 Å². The zero-order valence-electron chi connectivity index (χ0n) is 21.0. The van der Waals surface area contributed by atoms with Gasteiger partial charge in [0.15, 0.2) is 5.50 Å². The van der Waals surface area contributed by atoms with Gasteiger partial charge in [0, 0.05) is 11.7 Å². The van der Waals surface area contributed by atoms with Gasteiger partial charge in [-0.3, -0.25) is 4.79 Å². The van der Waals surface area contributed by atoms with Crippen molar-refractivity contribution in [1.29, 1.82) is 0 Å². The molecular formula is C31H34N2O2S. The summed E-state index contributed by atoms with van der Waals surface area (Å²) in [6.45, 7) is 4.92. The van der Waals surface area contributed by atoms with Crippen molar-refractivity contribution in [2.75, 3.05) is 5.32 Å². The van der Waals surface area contributed by atoms with Crippen molar-refractivity contribution >= 4 is 29.4 Å². The van der Waals surface area contributed by atoms with E-state index in [0.29, 0.717) is 12.5 Å². The first kappa shape index (κ1) is 24.5. The van der Waals surface area contributed by atoms with E-state index in [2.05, 4.69) is 60.5 Å². The van der Waals surface area contributed by atoms with Crippen LogP contribution in [0.15, 0.2) is 83.8 Å². The number of hydrogen-bond acceptors (Lipinski definition) is 4. The molecule has 5 rings (SSSR count). The van der Waals surface area contributed by atoms with E-state index < -0.39 is 0 Å². The quantitative estimate of drug-likeness (QED) is 0.343. The molecule has 5 heteroatoms. The predicted octanol–water partition coefficient (Wildman–Crippen LogP) is 7.46. The summed E-state index contributed by atoms with van der Waals surface area (Å²) >= 11 is 1.62. The summed E-state index contributed by atoms with van der Waals surface area (Å²) < 4.78 is 5.97. The van der Waals surface area contributed by atoms with E-state index in [9.17, 15) is 4.79 Å². The van der Waals surface area contributed by atoms with Crippen molar-refractivity contribution in [1.82, 2.24) is 4.90 Å². The molecule has 3 atom stereocenters. The molecule has 1 saturated carbocycles. The number of ether oxygens (including phenoxy) is 1. The first-order valence-corrected chi connectivity index (χ1v) is 13.8. The molecule has 36 heavy (non-hydrogen) atoms. The number of amides is 1. The summed E-state index contributed by atoms with van der Waals surface area (Å²) in [6.07, 6.45) is 6.71. The molecule has 0 spiro atoms. The number of hydrogen-bond donors (Lipinski definition) is 1. The molecule has 3 aromatic carbocycles. The SMILES string of the molecule is Cc1cccc(COc2ccc(/C=C3\SC(Nc4ccccc4)N([C@H]4CCCC[C@H]4C)C3=O)cc2)c1. The smallest absolute Gasteiger partial charge is 0.262 e. The molecule has 1 aliphatic heterocycles. The minimum absolute atomic E-state index is 0.103. The van der Waals surface area contributed by atoms with Crippen LogP contribution >= 0.6 is 11.8 Å². The molecular weight excluding hydrogens is 464 g/mol. The topological polar surface area (TPSA) is 41.6 Å². The zero-order valence-corrected chi connectivity index (χ0v) is 21.8. The number of thioether (sulfide) groups is 1. The summed E-state index contributed by atoms with van der Waals surface area (Å²) in [5.74, 6) is 1.46. The highest BCUT2D eigenvalue weighted by atomic mass is 32.2. The normalized spacial score (nSPS) is 23.2. The molecule has 4 nitrogen and oxygen atoms in total. The summed E-state index contributed by atoms with van der Waals surface area (Å²) in [4.78, 5) is 16.6. The van der Waals surface area contributed by atoms with Crippen molar-refractivity contribution in [3.05, 3.63) is 100 Å². The van der Waals surface area contributed by atoms with Gasteiger partial charge in [-0.05, 0) is 67.2 Å². The third-order valence-corrected chi connectivity index (χ3v) is 8.20. The van der Waals surface area contributed by atoms with Crippen molar-refractivity contribution in [2.24, 2.45) is 5.92 Å². The second kappa shape index (κ2) is 11.3. The number of benzene rings is 3. The van der Waals surface area contributed by atoms with Gasteiger partial charge in [-0.1, -0.05) is 91.7 Å². The molecule has 1 unspecified atom stereocenters. The summed E-state index contributed by atoms with van der Waals surface area (Å²) in [5, 5.41) is 3.61. The minimum atomic E-state index is -0.103. The van der Waals surface area contributed by atoms with Gasteiger partial charge in [-0.2, -0.15) is 0 Å². The lowest BCUT2D eigenvalue weighted by Crippen LogP contribution is -2.48. The van der Waals surface area contributed by atoms with Crippen LogP contribution in [0.4, 0.5) is 5.69 Å². The fourth-order valence-corrected chi connectivity index (χ4v) is 6.36. The van der Waals surface area contributed by atoms with Gasteiger partial charge in [0.25, 0.3) is 5.91 Å². The van der Waals surface area contributed by atoms with E-state index in [0.717, 1.165) is 33.9 Å². The fraction of sp³-hybridized carbons (Fsp3) is 0.323. The Labute approximate surface area is 218 Å². The van der Waals surface area contributed by atoms with Crippen LogP contribution in [0.25, 0.3) is 6.08 Å². The number of carbonyl (C=O) groups excluding carboxylic acids is 1. The number of nitrogens with zero attached hydrogens (tertiary/aromatic N) is 1. The molecule has 2 aliphatic rings. The van der Waals surface area contributed by atoms with E-state index in [1.807, 2.05) is 48.5 Å². The van der Waals surface area contributed by atoms with Gasteiger partial charge < -0.3 is 15.0 Å². The Morgan fingerprint density at radius 1 is 1.00 bits per heavy atom. The van der Waals surface area contributed by atoms with Gasteiger partial charge in [0.2, 0.25) is 0 Å². The van der Waals surface area contributed by atoms with Crippen LogP contribution in [-0.2, 0) is 11.4 Å². The Bertz CT molecular complexity index is 1210. The Morgan fingerprint density at radius 3 is 2.53 bits per heavy atom. The van der Waals surface area contributed by atoms with E-state index in [1.165, 1.54) is 24.8 Å². The maximum absolute atomic E-state index is 13.7. The van der Waals surface area contributed by atoms with Crippen molar-refractivity contribution in [3.63, 3.8) is 0 Å². The molecule has 3 aromatic rings. The molecule has 2 fully saturated rings. The average molecular weight is 499 g/mol. The molecule has 1 aliphatic carbocycles.